The Hall–Kier alpha value is -0.990. The van der Waals surface area contributed by atoms with E-state index >= 15 is 0 Å². The highest BCUT2D eigenvalue weighted by Crippen LogP contribution is 2.31. The minimum atomic E-state index is -1.19. The molecule has 3 N–H and O–H groups in total. The molecule has 20 heavy (non-hydrogen) atoms. The minimum Gasteiger partial charge on any atom is -0.481 e. The second-order valence-corrected chi connectivity index (χ2v) is 5.65. The van der Waals surface area contributed by atoms with Crippen LogP contribution in [-0.4, -0.2) is 22.2 Å². The van der Waals surface area contributed by atoms with E-state index in [4.69, 9.17) is 33.4 Å². The van der Waals surface area contributed by atoms with E-state index in [0.29, 0.717) is 19.3 Å². The van der Waals surface area contributed by atoms with Gasteiger partial charge in [-0.25, -0.2) is 4.79 Å². The lowest BCUT2D eigenvalue weighted by Crippen LogP contribution is -2.11. The first-order valence-electron chi connectivity index (χ1n) is 5.38. The fraction of sp³-hybridized carbons (Fsp3) is 0.167. The summed E-state index contributed by atoms with van der Waals surface area (Å²) in [6.07, 6.45) is 1.27. The lowest BCUT2D eigenvalue weighted by atomic mass is 10.2. The molecule has 0 aliphatic heterocycles. The maximum atomic E-state index is 11.1. The molecule has 5 nitrogen and oxygen atoms in total. The summed E-state index contributed by atoms with van der Waals surface area (Å²) in [5, 5.41) is 21.1. The summed E-state index contributed by atoms with van der Waals surface area (Å²) in [5.74, 6) is -2.19. The predicted molar refractivity (Wildman–Crippen MR) is 85.4 cm³/mol. The third-order valence-corrected chi connectivity index (χ3v) is 4.20. The van der Waals surface area contributed by atoms with Crippen molar-refractivity contribution in [2.24, 2.45) is 0 Å². The number of hydrogen-bond donors (Lipinski definition) is 3. The predicted octanol–water partition coefficient (Wildman–Crippen LogP) is 3.84. The standard InChI is InChI=1S/C12H10Cl2INO4/c13-6-4-7(14)11(15)9(5-6)16-8(12(19)20)2-1-3-10(17)18/h2,4-5,16H,1,3H2,(H,17,18)(H,19,20). The van der Waals surface area contributed by atoms with Crippen LogP contribution in [0, 0.1) is 3.57 Å². The van der Waals surface area contributed by atoms with Crippen molar-refractivity contribution in [1.82, 2.24) is 0 Å². The minimum absolute atomic E-state index is 0.106. The monoisotopic (exact) mass is 429 g/mol. The van der Waals surface area contributed by atoms with E-state index in [2.05, 4.69) is 5.32 Å². The molecule has 0 saturated heterocycles. The van der Waals surface area contributed by atoms with Crippen molar-refractivity contribution in [2.45, 2.75) is 12.8 Å². The zero-order valence-corrected chi connectivity index (χ0v) is 13.7. The number of nitrogens with one attached hydrogen (secondary N) is 1. The largest absolute Gasteiger partial charge is 0.481 e. The number of hydrogen-bond acceptors (Lipinski definition) is 3. The van der Waals surface area contributed by atoms with Crippen LogP contribution in [0.5, 0.6) is 0 Å². The molecular formula is C12H10Cl2INO4. The molecule has 0 heterocycles. The molecule has 1 aromatic rings. The SMILES string of the molecule is O=C(O)CCC=C(Nc1cc(Cl)cc(Cl)c1I)C(=O)O. The third kappa shape index (κ3) is 5.18. The molecule has 0 aromatic heterocycles. The summed E-state index contributed by atoms with van der Waals surface area (Å²) in [6.45, 7) is 0. The summed E-state index contributed by atoms with van der Waals surface area (Å²) in [4.78, 5) is 21.5. The number of halogens is 3. The number of aliphatic carboxylic acids is 2. The van der Waals surface area contributed by atoms with Gasteiger partial charge in [0.05, 0.1) is 14.3 Å². The summed E-state index contributed by atoms with van der Waals surface area (Å²) < 4.78 is 0.624. The Morgan fingerprint density at radius 2 is 1.95 bits per heavy atom. The summed E-state index contributed by atoms with van der Waals surface area (Å²) >= 11 is 13.8. The van der Waals surface area contributed by atoms with Crippen molar-refractivity contribution in [3.05, 3.63) is 37.5 Å². The number of carbonyl (C=O) groups is 2. The molecule has 0 atom stereocenters. The fourth-order valence-electron chi connectivity index (χ4n) is 1.32. The van der Waals surface area contributed by atoms with E-state index in [-0.39, 0.29) is 18.5 Å². The molecule has 0 saturated carbocycles. The molecular weight excluding hydrogens is 420 g/mol. The fourth-order valence-corrected chi connectivity index (χ4v) is 2.26. The molecule has 0 unspecified atom stereocenters. The van der Waals surface area contributed by atoms with Crippen molar-refractivity contribution < 1.29 is 19.8 Å². The Kier molecular flexibility index (Phi) is 6.57. The molecule has 0 aliphatic rings. The van der Waals surface area contributed by atoms with E-state index < -0.39 is 11.9 Å². The Morgan fingerprint density at radius 1 is 1.30 bits per heavy atom. The normalized spacial score (nSPS) is 11.2. The first-order chi connectivity index (χ1) is 9.31. The highest BCUT2D eigenvalue weighted by molar-refractivity contribution is 14.1. The Balaban J connectivity index is 2.97. The molecule has 0 spiro atoms. The second kappa shape index (κ2) is 7.70. The van der Waals surface area contributed by atoms with Gasteiger partial charge < -0.3 is 15.5 Å². The lowest BCUT2D eigenvalue weighted by molar-refractivity contribution is -0.137. The molecule has 108 valence electrons. The van der Waals surface area contributed by atoms with Crippen molar-refractivity contribution in [3.63, 3.8) is 0 Å². The van der Waals surface area contributed by atoms with E-state index in [9.17, 15) is 9.59 Å². The zero-order chi connectivity index (χ0) is 15.3. The van der Waals surface area contributed by atoms with Crippen LogP contribution in [0.2, 0.25) is 10.0 Å². The van der Waals surface area contributed by atoms with E-state index in [1.54, 1.807) is 12.1 Å². The zero-order valence-electron chi connectivity index (χ0n) is 9.99. The Morgan fingerprint density at radius 3 is 2.50 bits per heavy atom. The van der Waals surface area contributed by atoms with Crippen LogP contribution < -0.4 is 5.32 Å². The number of allylic oxidation sites excluding steroid dienone is 1. The van der Waals surface area contributed by atoms with Crippen molar-refractivity contribution in [1.29, 1.82) is 0 Å². The van der Waals surface area contributed by atoms with Crippen LogP contribution in [0.3, 0.4) is 0 Å². The van der Waals surface area contributed by atoms with Crippen molar-refractivity contribution >= 4 is 63.4 Å². The van der Waals surface area contributed by atoms with E-state index in [0.717, 1.165) is 0 Å². The Bertz CT molecular complexity index is 575. The summed E-state index contributed by atoms with van der Waals surface area (Å²) in [5.41, 5.74) is 0.328. The van der Waals surface area contributed by atoms with Gasteiger partial charge in [0.25, 0.3) is 0 Å². The summed E-state index contributed by atoms with van der Waals surface area (Å²) in [6, 6.07) is 3.09. The molecule has 8 heteroatoms. The molecule has 1 rings (SSSR count). The van der Waals surface area contributed by atoms with Crippen LogP contribution in [0.1, 0.15) is 12.8 Å². The van der Waals surface area contributed by atoms with Gasteiger partial charge in [-0.3, -0.25) is 4.79 Å². The van der Waals surface area contributed by atoms with Gasteiger partial charge in [-0.1, -0.05) is 29.3 Å². The van der Waals surface area contributed by atoms with Crippen LogP contribution in [0.4, 0.5) is 5.69 Å². The van der Waals surface area contributed by atoms with Gasteiger partial charge in [0, 0.05) is 11.4 Å². The van der Waals surface area contributed by atoms with Gasteiger partial charge in [0.15, 0.2) is 0 Å². The average molecular weight is 430 g/mol. The van der Waals surface area contributed by atoms with Gasteiger partial charge in [-0.2, -0.15) is 0 Å². The quantitative estimate of drug-likeness (QED) is 0.363. The van der Waals surface area contributed by atoms with Crippen molar-refractivity contribution in [2.75, 3.05) is 5.32 Å². The molecule has 0 bridgehead atoms. The Labute approximate surface area is 138 Å². The first kappa shape index (κ1) is 17.1. The van der Waals surface area contributed by atoms with Gasteiger partial charge in [-0.15, -0.1) is 0 Å². The van der Waals surface area contributed by atoms with Gasteiger partial charge in [0.2, 0.25) is 0 Å². The molecule has 1 aromatic carbocycles. The maximum Gasteiger partial charge on any atom is 0.351 e. The average Bonchev–Trinajstić information content (AvgIpc) is 2.33. The van der Waals surface area contributed by atoms with Crippen molar-refractivity contribution in [3.8, 4) is 0 Å². The van der Waals surface area contributed by atoms with Crippen LogP contribution in [-0.2, 0) is 9.59 Å². The molecule has 0 aliphatic carbocycles. The van der Waals surface area contributed by atoms with Gasteiger partial charge in [-0.05, 0) is 41.1 Å². The molecule has 0 radical (unpaired) electrons. The highest BCUT2D eigenvalue weighted by atomic mass is 127. The smallest absolute Gasteiger partial charge is 0.351 e. The van der Waals surface area contributed by atoms with Gasteiger partial charge >= 0.3 is 11.9 Å². The van der Waals surface area contributed by atoms with Crippen LogP contribution in [0.25, 0.3) is 0 Å². The van der Waals surface area contributed by atoms with E-state index in [1.165, 1.54) is 6.08 Å². The maximum absolute atomic E-state index is 11.1. The topological polar surface area (TPSA) is 86.6 Å². The molecule has 0 fully saturated rings. The lowest BCUT2D eigenvalue weighted by Gasteiger charge is -2.11. The second-order valence-electron chi connectivity index (χ2n) is 3.73. The first-order valence-corrected chi connectivity index (χ1v) is 7.21. The van der Waals surface area contributed by atoms with E-state index in [1.807, 2.05) is 22.6 Å². The highest BCUT2D eigenvalue weighted by Gasteiger charge is 2.12. The van der Waals surface area contributed by atoms with Crippen LogP contribution in [0.15, 0.2) is 23.9 Å². The number of carboxylic acids is 2. The number of carboxylic acid groups (broad SMARTS) is 2. The summed E-state index contributed by atoms with van der Waals surface area (Å²) in [7, 11) is 0. The third-order valence-electron chi connectivity index (χ3n) is 2.20. The molecule has 0 amide bonds. The number of benzene rings is 1. The number of anilines is 1. The number of rotatable bonds is 6. The van der Waals surface area contributed by atoms with Crippen LogP contribution >= 0.6 is 45.8 Å². The van der Waals surface area contributed by atoms with Gasteiger partial charge in [0.1, 0.15) is 5.70 Å².